The molecule has 0 saturated heterocycles. The van der Waals surface area contributed by atoms with Gasteiger partial charge in [0.1, 0.15) is 5.82 Å². The van der Waals surface area contributed by atoms with Crippen molar-refractivity contribution in [3.8, 4) is 6.07 Å². The van der Waals surface area contributed by atoms with Crippen molar-refractivity contribution in [2.45, 2.75) is 71.4 Å². The van der Waals surface area contributed by atoms with E-state index >= 15 is 0 Å². The number of hydrogen-bond donors (Lipinski definition) is 0. The standard InChI is InChI=1S/C24H27N7O/c1-15-16(2)31-22(28-30(23(31)32)14-24(13-25)7-8-24)27-21(15)29-9-6-20-19(12-29)10-18(11-26-20)17-4-3-5-17/h10-11,17H,3-9,12,14H2,1-2H3. The Morgan fingerprint density at radius 1 is 1.28 bits per heavy atom. The fraction of sp³-hybridized carbons (Fsp3) is 0.542. The van der Waals surface area contributed by atoms with Gasteiger partial charge in [-0.1, -0.05) is 12.5 Å². The number of hydrogen-bond acceptors (Lipinski definition) is 6. The van der Waals surface area contributed by atoms with Gasteiger partial charge in [0, 0.05) is 42.7 Å². The lowest BCUT2D eigenvalue weighted by molar-refractivity contribution is 0.418. The van der Waals surface area contributed by atoms with E-state index in [1.165, 1.54) is 40.8 Å². The average Bonchev–Trinajstić information content (AvgIpc) is 3.46. The zero-order chi connectivity index (χ0) is 22.0. The molecule has 1 aliphatic heterocycles. The van der Waals surface area contributed by atoms with Crippen LogP contribution in [0.15, 0.2) is 17.1 Å². The van der Waals surface area contributed by atoms with Gasteiger partial charge in [0.05, 0.1) is 18.0 Å². The Morgan fingerprint density at radius 3 is 2.78 bits per heavy atom. The first-order valence-electron chi connectivity index (χ1n) is 11.6. The highest BCUT2D eigenvalue weighted by Gasteiger charge is 2.44. The van der Waals surface area contributed by atoms with E-state index in [-0.39, 0.29) is 5.69 Å². The Labute approximate surface area is 186 Å². The minimum absolute atomic E-state index is 0.209. The van der Waals surface area contributed by atoms with Crippen molar-refractivity contribution in [2.24, 2.45) is 5.41 Å². The number of pyridine rings is 1. The molecule has 32 heavy (non-hydrogen) atoms. The maximum absolute atomic E-state index is 13.0. The van der Waals surface area contributed by atoms with Crippen molar-refractivity contribution in [1.82, 2.24) is 24.1 Å². The van der Waals surface area contributed by atoms with E-state index in [9.17, 15) is 10.1 Å². The van der Waals surface area contributed by atoms with E-state index in [0.717, 1.165) is 49.4 Å². The fourth-order valence-electron chi connectivity index (χ4n) is 5.01. The minimum Gasteiger partial charge on any atom is -0.351 e. The molecular weight excluding hydrogens is 402 g/mol. The summed E-state index contributed by atoms with van der Waals surface area (Å²) in [6, 6.07) is 4.69. The summed E-state index contributed by atoms with van der Waals surface area (Å²) >= 11 is 0. The monoisotopic (exact) mass is 429 g/mol. The van der Waals surface area contributed by atoms with Gasteiger partial charge in [-0.15, -0.1) is 5.10 Å². The maximum Gasteiger partial charge on any atom is 0.351 e. The molecular formula is C24H27N7O. The van der Waals surface area contributed by atoms with E-state index in [2.05, 4.69) is 28.3 Å². The van der Waals surface area contributed by atoms with Crippen LogP contribution in [0.1, 0.15) is 66.1 Å². The number of aryl methyl sites for hydroxylation is 1. The summed E-state index contributed by atoms with van der Waals surface area (Å²) in [4.78, 5) is 24.9. The van der Waals surface area contributed by atoms with Crippen LogP contribution in [0.3, 0.4) is 0 Å². The van der Waals surface area contributed by atoms with Crippen LogP contribution in [-0.4, -0.2) is 30.7 Å². The van der Waals surface area contributed by atoms with Crippen LogP contribution >= 0.6 is 0 Å². The normalized spacial score (nSPS) is 19.5. The molecule has 0 atom stereocenters. The van der Waals surface area contributed by atoms with Crippen LogP contribution in [0, 0.1) is 30.6 Å². The average molecular weight is 430 g/mol. The summed E-state index contributed by atoms with van der Waals surface area (Å²) in [5, 5.41) is 13.9. The zero-order valence-corrected chi connectivity index (χ0v) is 18.6. The van der Waals surface area contributed by atoms with E-state index in [4.69, 9.17) is 9.97 Å². The van der Waals surface area contributed by atoms with Gasteiger partial charge in [-0.05, 0) is 56.6 Å². The van der Waals surface area contributed by atoms with Gasteiger partial charge in [0.25, 0.3) is 5.78 Å². The molecule has 3 aromatic heterocycles. The third kappa shape index (κ3) is 2.94. The third-order valence-corrected chi connectivity index (χ3v) is 7.72. The van der Waals surface area contributed by atoms with Crippen LogP contribution in [0.4, 0.5) is 5.82 Å². The van der Waals surface area contributed by atoms with Gasteiger partial charge in [0.2, 0.25) is 0 Å². The number of aromatic nitrogens is 5. The molecule has 6 rings (SSSR count). The summed E-state index contributed by atoms with van der Waals surface area (Å²) in [5.41, 5.74) is 5.04. The van der Waals surface area contributed by atoms with Crippen LogP contribution in [-0.2, 0) is 19.5 Å². The minimum atomic E-state index is -0.435. The molecule has 0 unspecified atom stereocenters. The predicted octanol–water partition coefficient (Wildman–Crippen LogP) is 3.04. The molecule has 0 N–H and O–H groups in total. The molecule has 2 saturated carbocycles. The third-order valence-electron chi connectivity index (χ3n) is 7.72. The molecule has 4 heterocycles. The first-order chi connectivity index (χ1) is 15.5. The van der Waals surface area contributed by atoms with Crippen molar-refractivity contribution in [1.29, 1.82) is 5.26 Å². The van der Waals surface area contributed by atoms with Crippen molar-refractivity contribution in [3.63, 3.8) is 0 Å². The summed E-state index contributed by atoms with van der Waals surface area (Å²) < 4.78 is 3.01. The highest BCUT2D eigenvalue weighted by molar-refractivity contribution is 5.55. The predicted molar refractivity (Wildman–Crippen MR) is 120 cm³/mol. The van der Waals surface area contributed by atoms with Crippen molar-refractivity contribution < 1.29 is 0 Å². The Balaban J connectivity index is 1.36. The Hall–Kier alpha value is -3.21. The Bertz CT molecular complexity index is 1340. The summed E-state index contributed by atoms with van der Waals surface area (Å²) in [5.74, 6) is 1.96. The molecule has 2 aliphatic carbocycles. The van der Waals surface area contributed by atoms with Crippen molar-refractivity contribution >= 4 is 11.6 Å². The van der Waals surface area contributed by atoms with Gasteiger partial charge < -0.3 is 4.90 Å². The lowest BCUT2D eigenvalue weighted by atomic mass is 9.80. The van der Waals surface area contributed by atoms with Crippen LogP contribution in [0.25, 0.3) is 5.78 Å². The second-order valence-corrected chi connectivity index (χ2v) is 9.79. The first-order valence-corrected chi connectivity index (χ1v) is 11.6. The topological polar surface area (TPSA) is 92.1 Å². The molecule has 164 valence electrons. The fourth-order valence-corrected chi connectivity index (χ4v) is 5.01. The molecule has 8 heteroatoms. The Morgan fingerprint density at radius 2 is 2.09 bits per heavy atom. The summed E-state index contributed by atoms with van der Waals surface area (Å²) in [6.45, 7) is 5.93. The molecule has 0 aromatic carbocycles. The molecule has 0 amide bonds. The maximum atomic E-state index is 13.0. The van der Waals surface area contributed by atoms with Crippen LogP contribution in [0.2, 0.25) is 0 Å². The molecule has 2 fully saturated rings. The summed E-state index contributed by atoms with van der Waals surface area (Å²) in [7, 11) is 0. The molecule has 0 bridgehead atoms. The zero-order valence-electron chi connectivity index (χ0n) is 18.6. The number of rotatable bonds is 4. The first kappa shape index (κ1) is 19.5. The molecule has 0 radical (unpaired) electrons. The largest absolute Gasteiger partial charge is 0.351 e. The van der Waals surface area contributed by atoms with E-state index in [1.807, 2.05) is 13.8 Å². The van der Waals surface area contributed by atoms with Gasteiger partial charge in [-0.2, -0.15) is 10.2 Å². The Kier molecular flexibility index (Phi) is 4.19. The van der Waals surface area contributed by atoms with Gasteiger partial charge in [-0.25, -0.2) is 13.9 Å². The molecule has 8 nitrogen and oxygen atoms in total. The summed E-state index contributed by atoms with van der Waals surface area (Å²) in [6.07, 6.45) is 8.46. The van der Waals surface area contributed by atoms with Crippen LogP contribution in [0.5, 0.6) is 0 Å². The van der Waals surface area contributed by atoms with E-state index in [0.29, 0.717) is 18.2 Å². The SMILES string of the molecule is Cc1c(N2CCc3ncc(C4CCC4)cc3C2)nc2nn(CC3(C#N)CC3)c(=O)n2c1C. The molecule has 3 aliphatic rings. The smallest absolute Gasteiger partial charge is 0.351 e. The lowest BCUT2D eigenvalue weighted by Crippen LogP contribution is -2.33. The lowest BCUT2D eigenvalue weighted by Gasteiger charge is -2.32. The van der Waals surface area contributed by atoms with E-state index in [1.54, 1.807) is 4.40 Å². The highest BCUT2D eigenvalue weighted by atomic mass is 16.2. The number of fused-ring (bicyclic) bond motifs is 2. The highest BCUT2D eigenvalue weighted by Crippen LogP contribution is 2.46. The molecule has 0 spiro atoms. The number of anilines is 1. The molecule has 3 aromatic rings. The second kappa shape index (κ2) is 6.89. The van der Waals surface area contributed by atoms with Crippen molar-refractivity contribution in [3.05, 3.63) is 50.8 Å². The van der Waals surface area contributed by atoms with Gasteiger partial charge >= 0.3 is 5.69 Å². The number of nitrogens with zero attached hydrogens (tertiary/aromatic N) is 7. The second-order valence-electron chi connectivity index (χ2n) is 9.79. The number of nitriles is 1. The van der Waals surface area contributed by atoms with Crippen molar-refractivity contribution in [2.75, 3.05) is 11.4 Å². The van der Waals surface area contributed by atoms with Gasteiger partial charge in [-0.3, -0.25) is 4.98 Å². The van der Waals surface area contributed by atoms with E-state index < -0.39 is 5.41 Å². The quantitative estimate of drug-likeness (QED) is 0.633. The van der Waals surface area contributed by atoms with Gasteiger partial charge in [0.15, 0.2) is 0 Å². The van der Waals surface area contributed by atoms with Crippen LogP contribution < -0.4 is 10.6 Å².